The summed E-state index contributed by atoms with van der Waals surface area (Å²) in [6.45, 7) is 4.40. The minimum Gasteiger partial charge on any atom is -0.493 e. The van der Waals surface area contributed by atoms with E-state index in [1.54, 1.807) is 26.4 Å². The van der Waals surface area contributed by atoms with Gasteiger partial charge in [0, 0.05) is 32.2 Å². The van der Waals surface area contributed by atoms with Crippen LogP contribution in [0.2, 0.25) is 0 Å². The normalized spacial score (nSPS) is 18.8. The molecular formula is C27H35FN6O2. The molecule has 0 N–H and O–H groups in total. The quantitative estimate of drug-likeness (QED) is 0.470. The molecule has 0 radical (unpaired) electrons. The van der Waals surface area contributed by atoms with E-state index in [-0.39, 0.29) is 11.9 Å². The minimum absolute atomic E-state index is 0.145. The second-order valence-electron chi connectivity index (χ2n) is 9.70. The molecule has 5 rings (SSSR count). The van der Waals surface area contributed by atoms with E-state index in [1.807, 2.05) is 16.8 Å². The molecule has 2 aromatic carbocycles. The van der Waals surface area contributed by atoms with Gasteiger partial charge >= 0.3 is 0 Å². The van der Waals surface area contributed by atoms with Gasteiger partial charge in [0.15, 0.2) is 17.3 Å². The van der Waals surface area contributed by atoms with Gasteiger partial charge < -0.3 is 9.47 Å². The van der Waals surface area contributed by atoms with Gasteiger partial charge in [-0.3, -0.25) is 9.80 Å². The summed E-state index contributed by atoms with van der Waals surface area (Å²) in [7, 11) is 3.29. The Hall–Kier alpha value is -3.04. The van der Waals surface area contributed by atoms with Gasteiger partial charge in [-0.2, -0.15) is 0 Å². The number of hydrogen-bond acceptors (Lipinski definition) is 7. The maximum absolute atomic E-state index is 13.5. The summed E-state index contributed by atoms with van der Waals surface area (Å²) in [6, 6.07) is 13.1. The highest BCUT2D eigenvalue weighted by Gasteiger charge is 2.33. The van der Waals surface area contributed by atoms with E-state index in [0.717, 1.165) is 43.1 Å². The maximum Gasteiger partial charge on any atom is 0.173 e. The Morgan fingerprint density at radius 2 is 1.64 bits per heavy atom. The molecule has 2 heterocycles. The van der Waals surface area contributed by atoms with E-state index in [1.165, 1.54) is 44.2 Å². The summed E-state index contributed by atoms with van der Waals surface area (Å²) in [5.74, 6) is 1.87. The van der Waals surface area contributed by atoms with E-state index < -0.39 is 0 Å². The summed E-state index contributed by atoms with van der Waals surface area (Å²) in [5, 5.41) is 12.8. The summed E-state index contributed by atoms with van der Waals surface area (Å²) < 4.78 is 26.4. The molecule has 0 amide bonds. The lowest BCUT2D eigenvalue weighted by Crippen LogP contribution is -2.52. The van der Waals surface area contributed by atoms with E-state index in [9.17, 15) is 4.39 Å². The number of piperazine rings is 1. The van der Waals surface area contributed by atoms with Crippen molar-refractivity contribution in [2.75, 3.05) is 40.4 Å². The number of halogens is 1. The van der Waals surface area contributed by atoms with E-state index in [2.05, 4.69) is 31.4 Å². The molecule has 0 spiro atoms. The van der Waals surface area contributed by atoms with Crippen molar-refractivity contribution >= 4 is 0 Å². The molecule has 0 bridgehead atoms. The largest absolute Gasteiger partial charge is 0.493 e. The van der Waals surface area contributed by atoms with Gasteiger partial charge in [0.05, 0.1) is 26.8 Å². The number of rotatable bonds is 8. The Balaban J connectivity index is 1.44. The van der Waals surface area contributed by atoms with E-state index in [4.69, 9.17) is 9.47 Å². The topological polar surface area (TPSA) is 68.5 Å². The molecule has 1 aliphatic carbocycles. The van der Waals surface area contributed by atoms with Crippen molar-refractivity contribution in [3.05, 3.63) is 65.2 Å². The van der Waals surface area contributed by atoms with Crippen LogP contribution in [0.5, 0.6) is 11.5 Å². The van der Waals surface area contributed by atoms with Gasteiger partial charge in [0.2, 0.25) is 0 Å². The van der Waals surface area contributed by atoms with Crippen LogP contribution in [0.4, 0.5) is 4.39 Å². The molecule has 1 saturated carbocycles. The molecule has 36 heavy (non-hydrogen) atoms. The van der Waals surface area contributed by atoms with Crippen LogP contribution in [0.25, 0.3) is 0 Å². The highest BCUT2D eigenvalue weighted by molar-refractivity contribution is 5.45. The van der Waals surface area contributed by atoms with Crippen molar-refractivity contribution in [1.82, 2.24) is 30.0 Å². The molecule has 1 aliphatic heterocycles. The van der Waals surface area contributed by atoms with Crippen LogP contribution in [0.15, 0.2) is 42.5 Å². The zero-order chi connectivity index (χ0) is 24.9. The second kappa shape index (κ2) is 11.3. The van der Waals surface area contributed by atoms with Gasteiger partial charge in [-0.05, 0) is 58.7 Å². The molecule has 3 aromatic rings. The standard InChI is InChI=1S/C27H35FN6O2/c1-35-24-13-10-21(18-25(24)36-2)26(33-16-14-32(15-17-33)23-6-4-3-5-7-23)27-29-30-31-34(27)19-20-8-11-22(28)12-9-20/h8-13,18,23,26H,3-7,14-17,19H2,1-2H3/t26-/m1/s1. The van der Waals surface area contributed by atoms with Crippen molar-refractivity contribution < 1.29 is 13.9 Å². The zero-order valence-electron chi connectivity index (χ0n) is 21.1. The molecule has 2 aliphatic rings. The molecular weight excluding hydrogens is 459 g/mol. The second-order valence-corrected chi connectivity index (χ2v) is 9.70. The average molecular weight is 495 g/mol. The summed E-state index contributed by atoms with van der Waals surface area (Å²) >= 11 is 0. The number of nitrogens with zero attached hydrogens (tertiary/aromatic N) is 6. The Bertz CT molecular complexity index is 1120. The van der Waals surface area contributed by atoms with Crippen LogP contribution in [0.1, 0.15) is 55.1 Å². The number of benzene rings is 2. The van der Waals surface area contributed by atoms with Gasteiger partial charge in [0.25, 0.3) is 0 Å². The fourth-order valence-corrected chi connectivity index (χ4v) is 5.64. The van der Waals surface area contributed by atoms with Gasteiger partial charge in [0.1, 0.15) is 5.82 Å². The highest BCUT2D eigenvalue weighted by atomic mass is 19.1. The fourth-order valence-electron chi connectivity index (χ4n) is 5.64. The van der Waals surface area contributed by atoms with Gasteiger partial charge in [-0.15, -0.1) is 5.10 Å². The molecule has 0 unspecified atom stereocenters. The van der Waals surface area contributed by atoms with Crippen LogP contribution in [-0.4, -0.2) is 76.4 Å². The van der Waals surface area contributed by atoms with E-state index in [0.29, 0.717) is 24.1 Å². The molecule has 1 aromatic heterocycles. The number of tetrazole rings is 1. The Kier molecular flexibility index (Phi) is 7.77. The van der Waals surface area contributed by atoms with Crippen LogP contribution in [-0.2, 0) is 6.54 Å². The first-order chi connectivity index (χ1) is 17.7. The van der Waals surface area contributed by atoms with Crippen molar-refractivity contribution in [3.8, 4) is 11.5 Å². The summed E-state index contributed by atoms with van der Waals surface area (Å²) in [5.41, 5.74) is 1.99. The first kappa shape index (κ1) is 24.6. The Morgan fingerprint density at radius 1 is 0.917 bits per heavy atom. The van der Waals surface area contributed by atoms with Gasteiger partial charge in [-0.1, -0.05) is 37.5 Å². The number of aromatic nitrogens is 4. The molecule has 1 saturated heterocycles. The SMILES string of the molecule is COc1ccc([C@H](c2nnnn2Cc2ccc(F)cc2)N2CCN(C3CCCCC3)CC2)cc1OC. The van der Waals surface area contributed by atoms with Crippen LogP contribution < -0.4 is 9.47 Å². The van der Waals surface area contributed by atoms with Gasteiger partial charge in [-0.25, -0.2) is 9.07 Å². The number of methoxy groups -OCH3 is 2. The first-order valence-electron chi connectivity index (χ1n) is 12.9. The molecule has 1 atom stereocenters. The average Bonchev–Trinajstić information content (AvgIpc) is 3.38. The van der Waals surface area contributed by atoms with Crippen molar-refractivity contribution in [2.24, 2.45) is 0 Å². The molecule has 8 nitrogen and oxygen atoms in total. The lowest BCUT2D eigenvalue weighted by atomic mass is 9.93. The molecule has 192 valence electrons. The minimum atomic E-state index is -0.255. The van der Waals surface area contributed by atoms with Crippen LogP contribution >= 0.6 is 0 Å². The van der Waals surface area contributed by atoms with Crippen LogP contribution in [0.3, 0.4) is 0 Å². The molecule has 2 fully saturated rings. The third-order valence-electron chi connectivity index (χ3n) is 7.58. The lowest BCUT2D eigenvalue weighted by Gasteiger charge is -2.43. The third kappa shape index (κ3) is 5.37. The smallest absolute Gasteiger partial charge is 0.173 e. The van der Waals surface area contributed by atoms with Crippen molar-refractivity contribution in [1.29, 1.82) is 0 Å². The van der Waals surface area contributed by atoms with Crippen molar-refractivity contribution in [2.45, 2.75) is 50.7 Å². The fraction of sp³-hybridized carbons (Fsp3) is 0.519. The predicted molar refractivity (Wildman–Crippen MR) is 135 cm³/mol. The van der Waals surface area contributed by atoms with Crippen LogP contribution in [0, 0.1) is 5.82 Å². The highest BCUT2D eigenvalue weighted by Crippen LogP contribution is 2.35. The van der Waals surface area contributed by atoms with E-state index >= 15 is 0 Å². The third-order valence-corrected chi connectivity index (χ3v) is 7.58. The molecule has 9 heteroatoms. The summed E-state index contributed by atoms with van der Waals surface area (Å²) in [6.07, 6.45) is 6.69. The Morgan fingerprint density at radius 3 is 2.33 bits per heavy atom. The number of hydrogen-bond donors (Lipinski definition) is 0. The lowest BCUT2D eigenvalue weighted by molar-refractivity contribution is 0.0620. The maximum atomic E-state index is 13.5. The van der Waals surface area contributed by atoms with Crippen molar-refractivity contribution in [3.63, 3.8) is 0 Å². The monoisotopic (exact) mass is 494 g/mol. The first-order valence-corrected chi connectivity index (χ1v) is 12.9. The predicted octanol–water partition coefficient (Wildman–Crippen LogP) is 3.92. The zero-order valence-corrected chi connectivity index (χ0v) is 21.1. The summed E-state index contributed by atoms with van der Waals surface area (Å²) in [4.78, 5) is 5.14. The number of ether oxygens (including phenoxy) is 2. The Labute approximate surface area is 212 Å².